The van der Waals surface area contributed by atoms with Gasteiger partial charge in [-0.15, -0.1) is 0 Å². The van der Waals surface area contributed by atoms with Crippen molar-refractivity contribution in [2.24, 2.45) is 0 Å². The van der Waals surface area contributed by atoms with E-state index in [1.165, 1.54) is 5.69 Å². The van der Waals surface area contributed by atoms with Crippen molar-refractivity contribution in [3.05, 3.63) is 21.9 Å². The zero-order valence-electron chi connectivity index (χ0n) is 9.49. The third kappa shape index (κ3) is 2.46. The summed E-state index contributed by atoms with van der Waals surface area (Å²) in [6, 6.07) is 2.09. The van der Waals surface area contributed by atoms with Crippen molar-refractivity contribution in [3.63, 3.8) is 0 Å². The fourth-order valence-corrected chi connectivity index (χ4v) is 3.41. The molecule has 0 radical (unpaired) electrons. The van der Waals surface area contributed by atoms with E-state index in [4.69, 9.17) is 0 Å². The predicted octanol–water partition coefficient (Wildman–Crippen LogP) is 2.03. The summed E-state index contributed by atoms with van der Waals surface area (Å²) in [7, 11) is -0.625. The highest BCUT2D eigenvalue weighted by Crippen LogP contribution is 2.29. The number of aryl methyl sites for hydroxylation is 2. The molecule has 0 unspecified atom stereocenters. The minimum Gasteiger partial charge on any atom is -0.369 e. The molecule has 2 heterocycles. The Morgan fingerprint density at radius 1 is 1.38 bits per heavy atom. The van der Waals surface area contributed by atoms with Gasteiger partial charge in [0, 0.05) is 41.1 Å². The Kier molecular flexibility index (Phi) is 3.64. The van der Waals surface area contributed by atoms with Crippen LogP contribution in [0.4, 0.5) is 5.69 Å². The molecule has 0 aromatic carbocycles. The summed E-state index contributed by atoms with van der Waals surface area (Å²) in [5, 5.41) is 0. The van der Waals surface area contributed by atoms with Gasteiger partial charge in [0.25, 0.3) is 0 Å². The van der Waals surface area contributed by atoms with Crippen molar-refractivity contribution in [3.8, 4) is 0 Å². The molecule has 16 heavy (non-hydrogen) atoms. The maximum atomic E-state index is 11.3. The van der Waals surface area contributed by atoms with Crippen molar-refractivity contribution >= 4 is 32.4 Å². The summed E-state index contributed by atoms with van der Waals surface area (Å²) in [4.78, 5) is 6.69. The van der Waals surface area contributed by atoms with Gasteiger partial charge in [-0.25, -0.2) is 0 Å². The van der Waals surface area contributed by atoms with Crippen LogP contribution in [0.25, 0.3) is 0 Å². The first kappa shape index (κ1) is 12.0. The quantitative estimate of drug-likeness (QED) is 0.796. The van der Waals surface area contributed by atoms with Crippen LogP contribution in [-0.4, -0.2) is 33.8 Å². The van der Waals surface area contributed by atoms with E-state index in [0.717, 1.165) is 40.5 Å². The molecular formula is C11H15BrN2OS. The van der Waals surface area contributed by atoms with E-state index in [-0.39, 0.29) is 0 Å². The van der Waals surface area contributed by atoms with Gasteiger partial charge in [0.15, 0.2) is 0 Å². The van der Waals surface area contributed by atoms with Crippen molar-refractivity contribution in [1.29, 1.82) is 0 Å². The van der Waals surface area contributed by atoms with Crippen LogP contribution in [0.3, 0.4) is 0 Å². The summed E-state index contributed by atoms with van der Waals surface area (Å²) in [6.07, 6.45) is 0. The van der Waals surface area contributed by atoms with Crippen molar-refractivity contribution in [2.75, 3.05) is 29.5 Å². The van der Waals surface area contributed by atoms with Gasteiger partial charge < -0.3 is 4.90 Å². The highest BCUT2D eigenvalue weighted by Gasteiger charge is 2.18. The summed E-state index contributed by atoms with van der Waals surface area (Å²) in [6.45, 7) is 5.75. The van der Waals surface area contributed by atoms with Crippen LogP contribution in [0, 0.1) is 13.8 Å². The molecule has 1 aliphatic heterocycles. The third-order valence-electron chi connectivity index (χ3n) is 2.75. The molecule has 1 fully saturated rings. The first-order valence-corrected chi connectivity index (χ1v) is 7.59. The predicted molar refractivity (Wildman–Crippen MR) is 71.5 cm³/mol. The zero-order chi connectivity index (χ0) is 11.7. The van der Waals surface area contributed by atoms with Gasteiger partial charge in [0.1, 0.15) is 0 Å². The number of hydrogen-bond donors (Lipinski definition) is 0. The van der Waals surface area contributed by atoms with Crippen molar-refractivity contribution < 1.29 is 4.21 Å². The first-order chi connectivity index (χ1) is 7.58. The average Bonchev–Trinajstić information content (AvgIpc) is 2.25. The standard InChI is InChI=1S/C11H15BrN2OS/c1-8-7-10(11(12)9(2)13-8)14-3-5-16(15)6-4-14/h7H,3-6H2,1-2H3. The number of pyridine rings is 1. The minimum absolute atomic E-state index is 0.625. The van der Waals surface area contributed by atoms with Gasteiger partial charge in [0.2, 0.25) is 0 Å². The summed E-state index contributed by atoms with van der Waals surface area (Å²) < 4.78 is 12.4. The Hall–Kier alpha value is -0.420. The van der Waals surface area contributed by atoms with E-state index >= 15 is 0 Å². The number of anilines is 1. The summed E-state index contributed by atoms with van der Waals surface area (Å²) in [5.41, 5.74) is 3.23. The van der Waals surface area contributed by atoms with Gasteiger partial charge in [-0.1, -0.05) is 0 Å². The third-order valence-corrected chi connectivity index (χ3v) is 5.01. The Labute approximate surface area is 107 Å². The van der Waals surface area contributed by atoms with Crippen molar-refractivity contribution in [2.45, 2.75) is 13.8 Å². The molecule has 3 nitrogen and oxygen atoms in total. The van der Waals surface area contributed by atoms with Gasteiger partial charge in [0.05, 0.1) is 15.9 Å². The second kappa shape index (κ2) is 4.84. The number of nitrogens with zero attached hydrogens (tertiary/aromatic N) is 2. The smallest absolute Gasteiger partial charge is 0.0621 e. The number of hydrogen-bond acceptors (Lipinski definition) is 3. The van der Waals surface area contributed by atoms with Gasteiger partial charge in [-0.05, 0) is 35.8 Å². The van der Waals surface area contributed by atoms with Crippen LogP contribution in [0.1, 0.15) is 11.4 Å². The van der Waals surface area contributed by atoms with Crippen LogP contribution in [-0.2, 0) is 10.8 Å². The Balaban J connectivity index is 2.29. The van der Waals surface area contributed by atoms with Gasteiger partial charge in [-0.2, -0.15) is 0 Å². The Bertz CT molecular complexity index is 426. The molecule has 0 aliphatic carbocycles. The molecule has 1 aromatic heterocycles. The van der Waals surface area contributed by atoms with E-state index in [1.807, 2.05) is 13.8 Å². The number of rotatable bonds is 1. The molecule has 0 saturated carbocycles. The molecular weight excluding hydrogens is 288 g/mol. The average molecular weight is 303 g/mol. The van der Waals surface area contributed by atoms with Crippen molar-refractivity contribution in [1.82, 2.24) is 4.98 Å². The normalized spacial score (nSPS) is 17.8. The van der Waals surface area contributed by atoms with Gasteiger partial charge in [-0.3, -0.25) is 9.19 Å². The first-order valence-electron chi connectivity index (χ1n) is 5.31. The molecule has 2 rings (SSSR count). The molecule has 0 atom stereocenters. The van der Waals surface area contributed by atoms with E-state index in [9.17, 15) is 4.21 Å². The summed E-state index contributed by atoms with van der Waals surface area (Å²) >= 11 is 3.58. The molecule has 5 heteroatoms. The summed E-state index contributed by atoms with van der Waals surface area (Å²) in [5.74, 6) is 1.54. The van der Waals surface area contributed by atoms with Gasteiger partial charge >= 0.3 is 0 Å². The lowest BCUT2D eigenvalue weighted by Gasteiger charge is -2.29. The molecule has 0 spiro atoms. The second-order valence-electron chi connectivity index (χ2n) is 4.02. The lowest BCUT2D eigenvalue weighted by molar-refractivity contribution is 0.673. The highest BCUT2D eigenvalue weighted by atomic mass is 79.9. The Morgan fingerprint density at radius 3 is 2.62 bits per heavy atom. The minimum atomic E-state index is -0.625. The highest BCUT2D eigenvalue weighted by molar-refractivity contribution is 9.10. The van der Waals surface area contributed by atoms with E-state index in [2.05, 4.69) is 31.9 Å². The number of aromatic nitrogens is 1. The number of halogens is 1. The molecule has 1 aromatic rings. The lowest BCUT2D eigenvalue weighted by atomic mass is 10.2. The van der Waals surface area contributed by atoms with E-state index in [1.54, 1.807) is 0 Å². The fourth-order valence-electron chi connectivity index (χ4n) is 1.90. The second-order valence-corrected chi connectivity index (χ2v) is 6.51. The maximum Gasteiger partial charge on any atom is 0.0621 e. The molecule has 1 saturated heterocycles. The van der Waals surface area contributed by atoms with Crippen LogP contribution >= 0.6 is 15.9 Å². The fraction of sp³-hybridized carbons (Fsp3) is 0.545. The molecule has 1 aliphatic rings. The molecule has 0 bridgehead atoms. The Morgan fingerprint density at radius 2 is 2.00 bits per heavy atom. The van der Waals surface area contributed by atoms with E-state index < -0.39 is 10.8 Å². The van der Waals surface area contributed by atoms with Crippen LogP contribution in [0.5, 0.6) is 0 Å². The lowest BCUT2D eigenvalue weighted by Crippen LogP contribution is -2.38. The molecule has 0 amide bonds. The van der Waals surface area contributed by atoms with E-state index in [0.29, 0.717) is 0 Å². The van der Waals surface area contributed by atoms with Crippen LogP contribution in [0.15, 0.2) is 10.5 Å². The zero-order valence-corrected chi connectivity index (χ0v) is 11.9. The van der Waals surface area contributed by atoms with Crippen LogP contribution in [0.2, 0.25) is 0 Å². The molecule has 88 valence electrons. The topological polar surface area (TPSA) is 33.2 Å². The SMILES string of the molecule is Cc1cc(N2CCS(=O)CC2)c(Br)c(C)n1. The maximum absolute atomic E-state index is 11.3. The van der Waals surface area contributed by atoms with Crippen LogP contribution < -0.4 is 4.90 Å². The molecule has 0 N–H and O–H groups in total. The largest absolute Gasteiger partial charge is 0.369 e. The monoisotopic (exact) mass is 302 g/mol.